The van der Waals surface area contributed by atoms with Gasteiger partial charge in [-0.15, -0.1) is 0 Å². The number of aryl methyl sites for hydroxylation is 1. The number of likely N-dealkylation sites (N-methyl/N-ethyl adjacent to an activating group) is 1. The van der Waals surface area contributed by atoms with E-state index in [1.807, 2.05) is 38.1 Å². The van der Waals surface area contributed by atoms with Crippen LogP contribution in [-0.4, -0.2) is 70.0 Å². The Balaban J connectivity index is 1.84. The number of piperazine rings is 1. The van der Waals surface area contributed by atoms with Gasteiger partial charge >= 0.3 is 6.09 Å². The van der Waals surface area contributed by atoms with E-state index in [-0.39, 0.29) is 17.6 Å². The Hall–Kier alpha value is -2.85. The standard InChI is InChI=1S/C24H28N4O4S2/c1-4-27-18-10-8-7-9-16(18)20(25-11-13-26(14-12-25)23(31)32-6-3)17(21(27)29)15-19-22(30)28(5-2)24(33)34-19/h7-10,15H,4-6,11-14H2,1-3H3. The molecule has 0 atom stereocenters. The second-order valence-electron chi connectivity index (χ2n) is 7.93. The lowest BCUT2D eigenvalue weighted by Crippen LogP contribution is -2.49. The van der Waals surface area contributed by atoms with Gasteiger partial charge in [-0.1, -0.05) is 42.2 Å². The molecule has 2 amide bonds. The molecule has 8 nitrogen and oxygen atoms in total. The SMILES string of the molecule is CCOC(=O)N1CCN(c2c(C=C3SC(=S)N(CC)C3=O)c(=O)n(CC)c3ccccc23)CC1. The van der Waals surface area contributed by atoms with Gasteiger partial charge in [0.25, 0.3) is 11.5 Å². The Kier molecular flexibility index (Phi) is 7.27. The van der Waals surface area contributed by atoms with Gasteiger partial charge in [0.2, 0.25) is 0 Å². The molecule has 1 aromatic carbocycles. The number of hydrogen-bond acceptors (Lipinski definition) is 7. The van der Waals surface area contributed by atoms with Crippen LogP contribution in [0.1, 0.15) is 26.3 Å². The molecule has 2 saturated heterocycles. The van der Waals surface area contributed by atoms with E-state index in [9.17, 15) is 14.4 Å². The summed E-state index contributed by atoms with van der Waals surface area (Å²) < 4.78 is 7.38. The Bertz CT molecular complexity index is 1230. The van der Waals surface area contributed by atoms with E-state index >= 15 is 0 Å². The van der Waals surface area contributed by atoms with Crippen molar-refractivity contribution < 1.29 is 14.3 Å². The Morgan fingerprint density at radius 1 is 1.09 bits per heavy atom. The van der Waals surface area contributed by atoms with Crippen LogP contribution in [0.15, 0.2) is 34.0 Å². The number of carbonyl (C=O) groups excluding carboxylic acids is 2. The van der Waals surface area contributed by atoms with Crippen molar-refractivity contribution in [1.82, 2.24) is 14.4 Å². The van der Waals surface area contributed by atoms with Gasteiger partial charge in [-0.3, -0.25) is 14.5 Å². The fourth-order valence-electron chi connectivity index (χ4n) is 4.43. The molecular weight excluding hydrogens is 472 g/mol. The van der Waals surface area contributed by atoms with Gasteiger partial charge in [0, 0.05) is 44.7 Å². The predicted octanol–water partition coefficient (Wildman–Crippen LogP) is 3.52. The highest BCUT2D eigenvalue weighted by atomic mass is 32.2. The fourth-order valence-corrected chi connectivity index (χ4v) is 5.79. The molecule has 2 aliphatic rings. The lowest BCUT2D eigenvalue weighted by molar-refractivity contribution is -0.121. The Morgan fingerprint density at radius 2 is 1.79 bits per heavy atom. The van der Waals surface area contributed by atoms with E-state index in [0.29, 0.717) is 60.7 Å². The number of anilines is 1. The number of rotatable bonds is 5. The molecule has 1 aromatic heterocycles. The van der Waals surface area contributed by atoms with Gasteiger partial charge in [0.15, 0.2) is 0 Å². The minimum atomic E-state index is -0.322. The molecule has 180 valence electrons. The molecule has 4 rings (SSSR count). The largest absolute Gasteiger partial charge is 0.450 e. The average Bonchev–Trinajstić information content (AvgIpc) is 3.11. The number of carbonyl (C=O) groups is 2. The highest BCUT2D eigenvalue weighted by Gasteiger charge is 2.32. The van der Waals surface area contributed by atoms with Crippen molar-refractivity contribution in [1.29, 1.82) is 0 Å². The van der Waals surface area contributed by atoms with Gasteiger partial charge in [0.05, 0.1) is 28.3 Å². The number of ether oxygens (including phenoxy) is 1. The molecule has 0 N–H and O–H groups in total. The molecule has 0 unspecified atom stereocenters. The maximum atomic E-state index is 13.7. The zero-order chi connectivity index (χ0) is 24.4. The maximum absolute atomic E-state index is 13.7. The first-order chi connectivity index (χ1) is 16.4. The van der Waals surface area contributed by atoms with Crippen molar-refractivity contribution in [3.63, 3.8) is 0 Å². The van der Waals surface area contributed by atoms with Crippen molar-refractivity contribution in [2.45, 2.75) is 27.3 Å². The van der Waals surface area contributed by atoms with E-state index in [1.54, 1.807) is 27.4 Å². The number of fused-ring (bicyclic) bond motifs is 1. The van der Waals surface area contributed by atoms with Crippen LogP contribution in [0.4, 0.5) is 10.5 Å². The summed E-state index contributed by atoms with van der Waals surface area (Å²) >= 11 is 6.60. The van der Waals surface area contributed by atoms with Crippen LogP contribution < -0.4 is 10.5 Å². The molecular formula is C24H28N4O4S2. The van der Waals surface area contributed by atoms with Gasteiger partial charge in [0.1, 0.15) is 4.32 Å². The first-order valence-corrected chi connectivity index (χ1v) is 12.7. The Morgan fingerprint density at radius 3 is 2.41 bits per heavy atom. The number of amides is 2. The third-order valence-electron chi connectivity index (χ3n) is 6.08. The molecule has 10 heteroatoms. The third-order valence-corrected chi connectivity index (χ3v) is 7.46. The van der Waals surface area contributed by atoms with E-state index < -0.39 is 0 Å². The van der Waals surface area contributed by atoms with Crippen molar-refractivity contribution in [2.75, 3.05) is 44.2 Å². The average molecular weight is 501 g/mol. The van der Waals surface area contributed by atoms with Crippen LogP contribution in [0.5, 0.6) is 0 Å². The summed E-state index contributed by atoms with van der Waals surface area (Å²) in [5.41, 5.74) is 1.96. The van der Waals surface area contributed by atoms with Gasteiger partial charge in [-0.2, -0.15) is 0 Å². The summed E-state index contributed by atoms with van der Waals surface area (Å²) in [5, 5.41) is 0.936. The summed E-state index contributed by atoms with van der Waals surface area (Å²) in [5.74, 6) is -0.175. The highest BCUT2D eigenvalue weighted by molar-refractivity contribution is 8.26. The second-order valence-corrected chi connectivity index (χ2v) is 9.60. The van der Waals surface area contributed by atoms with Crippen LogP contribution in [-0.2, 0) is 16.1 Å². The van der Waals surface area contributed by atoms with E-state index in [1.165, 1.54) is 11.8 Å². The molecule has 0 radical (unpaired) electrons. The summed E-state index contributed by atoms with van der Waals surface area (Å²) in [7, 11) is 0. The van der Waals surface area contributed by atoms with E-state index in [2.05, 4.69) is 4.90 Å². The fraction of sp³-hybridized carbons (Fsp3) is 0.417. The van der Waals surface area contributed by atoms with Crippen LogP contribution in [0.3, 0.4) is 0 Å². The first kappa shape index (κ1) is 24.3. The molecule has 0 aliphatic carbocycles. The van der Waals surface area contributed by atoms with Crippen molar-refractivity contribution >= 4 is 63.0 Å². The molecule has 2 aliphatic heterocycles. The predicted molar refractivity (Wildman–Crippen MR) is 140 cm³/mol. The third kappa shape index (κ3) is 4.32. The van der Waals surface area contributed by atoms with Crippen LogP contribution in [0.25, 0.3) is 17.0 Å². The van der Waals surface area contributed by atoms with Crippen LogP contribution >= 0.6 is 24.0 Å². The number of pyridine rings is 1. The topological polar surface area (TPSA) is 75.1 Å². The Labute approximate surface area is 208 Å². The maximum Gasteiger partial charge on any atom is 0.409 e. The summed E-state index contributed by atoms with van der Waals surface area (Å²) in [6.07, 6.45) is 1.38. The quantitative estimate of drug-likeness (QED) is 0.459. The minimum absolute atomic E-state index is 0.147. The molecule has 0 saturated carbocycles. The van der Waals surface area contributed by atoms with Crippen molar-refractivity contribution in [3.05, 3.63) is 45.1 Å². The number of thioether (sulfide) groups is 1. The highest BCUT2D eigenvalue weighted by Crippen LogP contribution is 2.36. The van der Waals surface area contributed by atoms with Gasteiger partial charge in [-0.25, -0.2) is 4.79 Å². The minimum Gasteiger partial charge on any atom is -0.450 e. The smallest absolute Gasteiger partial charge is 0.409 e. The molecule has 0 spiro atoms. The number of para-hydroxylation sites is 1. The van der Waals surface area contributed by atoms with Crippen molar-refractivity contribution in [2.24, 2.45) is 0 Å². The normalized spacial score (nSPS) is 17.9. The summed E-state index contributed by atoms with van der Waals surface area (Å²) in [6, 6.07) is 7.81. The number of thiocarbonyl (C=S) groups is 1. The van der Waals surface area contributed by atoms with Crippen molar-refractivity contribution in [3.8, 4) is 0 Å². The summed E-state index contributed by atoms with van der Waals surface area (Å²) in [4.78, 5) is 44.6. The van der Waals surface area contributed by atoms with E-state index in [0.717, 1.165) is 16.6 Å². The lowest BCUT2D eigenvalue weighted by atomic mass is 10.0. The number of nitrogens with zero attached hydrogens (tertiary/aromatic N) is 4. The summed E-state index contributed by atoms with van der Waals surface area (Å²) in [6.45, 7) is 9.01. The zero-order valence-electron chi connectivity index (χ0n) is 19.6. The van der Waals surface area contributed by atoms with Crippen LogP contribution in [0.2, 0.25) is 0 Å². The number of aromatic nitrogens is 1. The van der Waals surface area contributed by atoms with Crippen LogP contribution in [0, 0.1) is 0 Å². The molecule has 2 aromatic rings. The molecule has 3 heterocycles. The molecule has 2 fully saturated rings. The second kappa shape index (κ2) is 10.2. The molecule has 34 heavy (non-hydrogen) atoms. The zero-order valence-corrected chi connectivity index (χ0v) is 21.2. The number of hydrogen-bond donors (Lipinski definition) is 0. The lowest BCUT2D eigenvalue weighted by Gasteiger charge is -2.37. The molecule has 0 bridgehead atoms. The number of benzene rings is 1. The first-order valence-electron chi connectivity index (χ1n) is 11.5. The van der Waals surface area contributed by atoms with Gasteiger partial charge in [-0.05, 0) is 32.9 Å². The monoisotopic (exact) mass is 500 g/mol. The van der Waals surface area contributed by atoms with Gasteiger partial charge < -0.3 is 19.1 Å². The van der Waals surface area contributed by atoms with E-state index in [4.69, 9.17) is 17.0 Å².